The van der Waals surface area contributed by atoms with E-state index in [2.05, 4.69) is 5.10 Å². The van der Waals surface area contributed by atoms with Crippen molar-refractivity contribution in [1.82, 2.24) is 9.78 Å². The first-order chi connectivity index (χ1) is 8.99. The molecule has 0 aliphatic heterocycles. The van der Waals surface area contributed by atoms with E-state index in [1.807, 2.05) is 0 Å². The highest BCUT2D eigenvalue weighted by Crippen LogP contribution is 2.20. The third kappa shape index (κ3) is 2.73. The molecule has 0 spiro atoms. The van der Waals surface area contributed by atoms with Crippen LogP contribution in [0.15, 0.2) is 24.4 Å². The number of nitrogens with zero attached hydrogens (tertiary/aromatic N) is 2. The average molecular weight is 264 g/mol. The van der Waals surface area contributed by atoms with Crippen molar-refractivity contribution in [3.63, 3.8) is 0 Å². The van der Waals surface area contributed by atoms with Gasteiger partial charge in [0.1, 0.15) is 23.7 Å². The van der Waals surface area contributed by atoms with E-state index in [0.29, 0.717) is 11.4 Å². The van der Waals surface area contributed by atoms with Crippen molar-refractivity contribution < 1.29 is 19.0 Å². The smallest absolute Gasteiger partial charge is 0.339 e. The SMILES string of the molecule is Cc1ccc(F)cc1OCc1c(C(=O)O)cnn1C. The number of ether oxygens (including phenoxy) is 1. The maximum absolute atomic E-state index is 13.1. The summed E-state index contributed by atoms with van der Waals surface area (Å²) in [5.74, 6) is -1.08. The second kappa shape index (κ2) is 5.09. The molecule has 2 rings (SSSR count). The number of hydrogen-bond acceptors (Lipinski definition) is 3. The quantitative estimate of drug-likeness (QED) is 0.919. The van der Waals surface area contributed by atoms with Crippen LogP contribution < -0.4 is 4.74 Å². The van der Waals surface area contributed by atoms with Crippen molar-refractivity contribution in [2.24, 2.45) is 7.05 Å². The van der Waals surface area contributed by atoms with Gasteiger partial charge in [0.15, 0.2) is 0 Å². The van der Waals surface area contributed by atoms with Crippen LogP contribution in [0, 0.1) is 12.7 Å². The summed E-state index contributed by atoms with van der Waals surface area (Å²) in [6, 6.07) is 4.22. The second-order valence-electron chi connectivity index (χ2n) is 4.13. The van der Waals surface area contributed by atoms with Gasteiger partial charge in [-0.25, -0.2) is 9.18 Å². The first-order valence-electron chi connectivity index (χ1n) is 5.62. The van der Waals surface area contributed by atoms with Gasteiger partial charge in [0, 0.05) is 13.1 Å². The van der Waals surface area contributed by atoms with Crippen molar-refractivity contribution in [3.05, 3.63) is 47.0 Å². The van der Waals surface area contributed by atoms with Crippen molar-refractivity contribution in [2.75, 3.05) is 0 Å². The minimum Gasteiger partial charge on any atom is -0.487 e. The summed E-state index contributed by atoms with van der Waals surface area (Å²) in [6.45, 7) is 1.80. The normalized spacial score (nSPS) is 10.5. The third-order valence-electron chi connectivity index (χ3n) is 2.81. The number of carbonyl (C=O) groups is 1. The van der Waals surface area contributed by atoms with Crippen LogP contribution in [0.25, 0.3) is 0 Å². The van der Waals surface area contributed by atoms with Crippen LogP contribution in [0.5, 0.6) is 5.75 Å². The van der Waals surface area contributed by atoms with E-state index in [1.54, 1.807) is 20.0 Å². The molecule has 1 N–H and O–H groups in total. The Bertz CT molecular complexity index is 622. The molecule has 100 valence electrons. The summed E-state index contributed by atoms with van der Waals surface area (Å²) >= 11 is 0. The molecular formula is C13H13FN2O3. The molecule has 6 heteroatoms. The van der Waals surface area contributed by atoms with Crippen molar-refractivity contribution in [1.29, 1.82) is 0 Å². The number of hydrogen-bond donors (Lipinski definition) is 1. The number of aromatic nitrogens is 2. The second-order valence-corrected chi connectivity index (χ2v) is 4.13. The van der Waals surface area contributed by atoms with E-state index in [-0.39, 0.29) is 12.2 Å². The Hall–Kier alpha value is -2.37. The highest BCUT2D eigenvalue weighted by atomic mass is 19.1. The zero-order valence-corrected chi connectivity index (χ0v) is 10.6. The van der Waals surface area contributed by atoms with E-state index < -0.39 is 11.8 Å². The molecule has 0 unspecified atom stereocenters. The molecule has 1 aromatic heterocycles. The Kier molecular flexibility index (Phi) is 3.50. The number of aryl methyl sites for hydroxylation is 2. The van der Waals surface area contributed by atoms with Crippen molar-refractivity contribution in [3.8, 4) is 5.75 Å². The molecule has 0 saturated carbocycles. The monoisotopic (exact) mass is 264 g/mol. The van der Waals surface area contributed by atoms with Gasteiger partial charge in [-0.15, -0.1) is 0 Å². The Labute approximate surface area is 109 Å². The molecule has 0 aliphatic rings. The van der Waals surface area contributed by atoms with Crippen molar-refractivity contribution >= 4 is 5.97 Å². The Morgan fingerprint density at radius 3 is 2.95 bits per heavy atom. The molecule has 5 nitrogen and oxygen atoms in total. The number of benzene rings is 1. The van der Waals surface area contributed by atoms with Crippen LogP contribution in [-0.4, -0.2) is 20.9 Å². The molecule has 0 atom stereocenters. The molecule has 0 fully saturated rings. The van der Waals surface area contributed by atoms with Gasteiger partial charge < -0.3 is 9.84 Å². The first kappa shape index (κ1) is 13.1. The summed E-state index contributed by atoms with van der Waals surface area (Å²) in [7, 11) is 1.63. The van der Waals surface area contributed by atoms with E-state index in [4.69, 9.17) is 9.84 Å². The third-order valence-corrected chi connectivity index (χ3v) is 2.81. The highest BCUT2D eigenvalue weighted by Gasteiger charge is 2.15. The van der Waals surface area contributed by atoms with Gasteiger partial charge in [-0.3, -0.25) is 4.68 Å². The molecule has 0 bridgehead atoms. The van der Waals surface area contributed by atoms with E-state index in [1.165, 1.54) is 23.0 Å². The van der Waals surface area contributed by atoms with Gasteiger partial charge in [0.05, 0.1) is 11.9 Å². The number of aromatic carboxylic acids is 1. The van der Waals surface area contributed by atoms with Gasteiger partial charge >= 0.3 is 5.97 Å². The Morgan fingerprint density at radius 2 is 2.26 bits per heavy atom. The fourth-order valence-electron chi connectivity index (χ4n) is 1.69. The lowest BCUT2D eigenvalue weighted by Gasteiger charge is -2.10. The molecule has 0 saturated heterocycles. The summed E-state index contributed by atoms with van der Waals surface area (Å²) in [6.07, 6.45) is 1.26. The number of carboxylic acid groups (broad SMARTS) is 1. The molecule has 1 heterocycles. The van der Waals surface area contributed by atoms with E-state index in [9.17, 15) is 9.18 Å². The Morgan fingerprint density at radius 1 is 1.53 bits per heavy atom. The van der Waals surface area contributed by atoms with Gasteiger partial charge in [0.2, 0.25) is 0 Å². The highest BCUT2D eigenvalue weighted by molar-refractivity contribution is 5.88. The van der Waals surface area contributed by atoms with E-state index >= 15 is 0 Å². The van der Waals surface area contributed by atoms with Crippen LogP contribution in [0.3, 0.4) is 0 Å². The molecular weight excluding hydrogens is 251 g/mol. The zero-order chi connectivity index (χ0) is 14.0. The minimum atomic E-state index is -1.07. The molecule has 0 amide bonds. The lowest BCUT2D eigenvalue weighted by Crippen LogP contribution is -2.09. The summed E-state index contributed by atoms with van der Waals surface area (Å²) < 4.78 is 20.0. The predicted octanol–water partition coefficient (Wildman–Crippen LogP) is 2.14. The standard InChI is InChI=1S/C13H13FN2O3/c1-8-3-4-9(14)5-12(8)19-7-11-10(13(17)18)6-15-16(11)2/h3-6H,7H2,1-2H3,(H,17,18). The molecule has 2 aromatic rings. The first-order valence-corrected chi connectivity index (χ1v) is 5.62. The predicted molar refractivity (Wildman–Crippen MR) is 65.6 cm³/mol. The fraction of sp³-hybridized carbons (Fsp3) is 0.231. The van der Waals surface area contributed by atoms with Gasteiger partial charge in [-0.05, 0) is 18.6 Å². The van der Waals surface area contributed by atoms with Crippen LogP contribution in [0.4, 0.5) is 4.39 Å². The maximum Gasteiger partial charge on any atom is 0.339 e. The molecule has 1 aromatic carbocycles. The molecule has 0 radical (unpaired) electrons. The lowest BCUT2D eigenvalue weighted by atomic mass is 10.2. The summed E-state index contributed by atoms with van der Waals surface area (Å²) in [5, 5.41) is 12.9. The maximum atomic E-state index is 13.1. The van der Waals surface area contributed by atoms with Crippen LogP contribution in [-0.2, 0) is 13.7 Å². The number of carboxylic acids is 1. The topological polar surface area (TPSA) is 64.3 Å². The van der Waals surface area contributed by atoms with E-state index in [0.717, 1.165) is 5.56 Å². The van der Waals surface area contributed by atoms with Gasteiger partial charge in [0.25, 0.3) is 0 Å². The minimum absolute atomic E-state index is 0.0163. The van der Waals surface area contributed by atoms with Crippen LogP contribution >= 0.6 is 0 Å². The summed E-state index contributed by atoms with van der Waals surface area (Å²) in [5.41, 5.74) is 1.29. The summed E-state index contributed by atoms with van der Waals surface area (Å²) in [4.78, 5) is 11.0. The zero-order valence-electron chi connectivity index (χ0n) is 10.6. The number of halogens is 1. The van der Waals surface area contributed by atoms with Gasteiger partial charge in [-0.1, -0.05) is 6.07 Å². The molecule has 0 aliphatic carbocycles. The largest absolute Gasteiger partial charge is 0.487 e. The van der Waals surface area contributed by atoms with Crippen LogP contribution in [0.2, 0.25) is 0 Å². The molecule has 19 heavy (non-hydrogen) atoms. The van der Waals surface area contributed by atoms with Crippen LogP contribution in [0.1, 0.15) is 21.6 Å². The lowest BCUT2D eigenvalue weighted by molar-refractivity contribution is 0.0693. The average Bonchev–Trinajstić information content (AvgIpc) is 2.72. The fourth-order valence-corrected chi connectivity index (χ4v) is 1.69. The number of rotatable bonds is 4. The van der Waals surface area contributed by atoms with Crippen molar-refractivity contribution in [2.45, 2.75) is 13.5 Å². The van der Waals surface area contributed by atoms with Gasteiger partial charge in [-0.2, -0.15) is 5.10 Å². The Balaban J connectivity index is 2.21.